The predicted octanol–water partition coefficient (Wildman–Crippen LogP) is 3.18. The van der Waals surface area contributed by atoms with Crippen molar-refractivity contribution >= 4 is 28.2 Å². The molecule has 0 bridgehead atoms. The molecule has 4 rings (SSSR count). The van der Waals surface area contributed by atoms with E-state index in [2.05, 4.69) is 33.5 Å². The second-order valence-corrected chi connectivity index (χ2v) is 6.95. The number of rotatable bonds is 4. The number of aromatic nitrogens is 3. The second-order valence-electron chi connectivity index (χ2n) is 6.95. The van der Waals surface area contributed by atoms with Crippen LogP contribution >= 0.6 is 0 Å². The largest absolute Gasteiger partial charge is 0.398 e. The maximum atomic E-state index is 12.2. The van der Waals surface area contributed by atoms with E-state index in [1.54, 1.807) is 6.20 Å². The zero-order chi connectivity index (χ0) is 19.1. The van der Waals surface area contributed by atoms with Crippen molar-refractivity contribution in [2.45, 2.75) is 26.7 Å². The van der Waals surface area contributed by atoms with E-state index >= 15 is 0 Å². The van der Waals surface area contributed by atoms with E-state index in [1.807, 2.05) is 25.1 Å². The third-order valence-electron chi connectivity index (χ3n) is 5.06. The summed E-state index contributed by atoms with van der Waals surface area (Å²) in [6.07, 6.45) is 3.10. The average Bonchev–Trinajstić information content (AvgIpc) is 3.36. The Kier molecular flexibility index (Phi) is 4.04. The molecule has 0 aliphatic heterocycles. The molecule has 1 saturated carbocycles. The molecule has 0 spiro atoms. The fourth-order valence-corrected chi connectivity index (χ4v) is 3.46. The van der Waals surface area contributed by atoms with Crippen molar-refractivity contribution < 1.29 is 4.79 Å². The number of fused-ring (bicyclic) bond motifs is 1. The topological polar surface area (TPSA) is 120 Å². The third kappa shape index (κ3) is 2.99. The van der Waals surface area contributed by atoms with Gasteiger partial charge in [0.25, 0.3) is 0 Å². The molecule has 1 fully saturated rings. The summed E-state index contributed by atoms with van der Waals surface area (Å²) in [6, 6.07) is 7.91. The molecule has 2 unspecified atom stereocenters. The Balaban J connectivity index is 1.71. The number of H-pyrrole nitrogens is 1. The molecule has 7 heteroatoms. The van der Waals surface area contributed by atoms with Crippen molar-refractivity contribution in [1.29, 1.82) is 5.26 Å². The number of hydrogen-bond acceptors (Lipinski definition) is 5. The second kappa shape index (κ2) is 6.40. The number of carbonyl (C=O) groups excluding carboxylic acids is 1. The lowest BCUT2D eigenvalue weighted by Gasteiger charge is -2.10. The highest BCUT2D eigenvalue weighted by Gasteiger charge is 2.43. The van der Waals surface area contributed by atoms with Crippen LogP contribution in [-0.4, -0.2) is 21.1 Å². The Morgan fingerprint density at radius 2 is 2.26 bits per heavy atom. The van der Waals surface area contributed by atoms with Crippen LogP contribution < -0.4 is 11.1 Å². The summed E-state index contributed by atoms with van der Waals surface area (Å²) in [4.78, 5) is 16.5. The Hall–Kier alpha value is -3.40. The third-order valence-corrected chi connectivity index (χ3v) is 5.06. The van der Waals surface area contributed by atoms with Gasteiger partial charge < -0.3 is 11.1 Å². The standard InChI is InChI=1S/C20H20N6O/c1-3-17-19(10(2)25-26-17)12-4-11-7-18(23-9-15(11)16(22)6-12)24-20(27)14-5-13(14)8-21/h4,6-7,9,13-14H,3,5,22H2,1-2H3,(H,25,26)(H,23,24,27). The molecule has 27 heavy (non-hydrogen) atoms. The first-order chi connectivity index (χ1) is 13.0. The van der Waals surface area contributed by atoms with E-state index in [-0.39, 0.29) is 17.7 Å². The van der Waals surface area contributed by atoms with E-state index in [0.717, 1.165) is 39.7 Å². The van der Waals surface area contributed by atoms with Gasteiger partial charge in [-0.05, 0) is 48.9 Å². The number of aromatic amines is 1. The Morgan fingerprint density at radius 1 is 1.44 bits per heavy atom. The summed E-state index contributed by atoms with van der Waals surface area (Å²) in [5.74, 6) is -0.0995. The molecule has 0 saturated heterocycles. The van der Waals surface area contributed by atoms with Crippen molar-refractivity contribution in [2.75, 3.05) is 11.1 Å². The molecule has 2 aromatic heterocycles. The highest BCUT2D eigenvalue weighted by Crippen LogP contribution is 2.38. The smallest absolute Gasteiger partial charge is 0.230 e. The van der Waals surface area contributed by atoms with Crippen molar-refractivity contribution in [3.05, 3.63) is 35.8 Å². The summed E-state index contributed by atoms with van der Waals surface area (Å²) in [5.41, 5.74) is 10.9. The predicted molar refractivity (Wildman–Crippen MR) is 104 cm³/mol. The van der Waals surface area contributed by atoms with E-state index in [4.69, 9.17) is 11.0 Å². The summed E-state index contributed by atoms with van der Waals surface area (Å²) in [6.45, 7) is 4.05. The number of nitrogens with one attached hydrogen (secondary N) is 2. The first-order valence-corrected chi connectivity index (χ1v) is 8.95. The van der Waals surface area contributed by atoms with Crippen LogP contribution in [0.25, 0.3) is 21.9 Å². The first-order valence-electron chi connectivity index (χ1n) is 8.95. The summed E-state index contributed by atoms with van der Waals surface area (Å²) >= 11 is 0. The van der Waals surface area contributed by atoms with Gasteiger partial charge in [-0.3, -0.25) is 9.89 Å². The lowest BCUT2D eigenvalue weighted by atomic mass is 9.98. The number of pyridine rings is 1. The maximum absolute atomic E-state index is 12.2. The van der Waals surface area contributed by atoms with Crippen LogP contribution in [-0.2, 0) is 11.2 Å². The number of amides is 1. The van der Waals surface area contributed by atoms with Crippen molar-refractivity contribution in [2.24, 2.45) is 11.8 Å². The number of aryl methyl sites for hydroxylation is 2. The molecule has 2 heterocycles. The Bertz CT molecular complexity index is 1090. The zero-order valence-electron chi connectivity index (χ0n) is 15.2. The molecule has 2 atom stereocenters. The van der Waals surface area contributed by atoms with Crippen LogP contribution in [0.5, 0.6) is 0 Å². The fraction of sp³-hybridized carbons (Fsp3) is 0.300. The lowest BCUT2D eigenvalue weighted by Crippen LogP contribution is -2.15. The average molecular weight is 360 g/mol. The minimum atomic E-state index is -0.232. The van der Waals surface area contributed by atoms with Gasteiger partial charge in [0, 0.05) is 28.5 Å². The van der Waals surface area contributed by atoms with Crippen LogP contribution in [0.15, 0.2) is 24.4 Å². The number of nitrogens with two attached hydrogens (primary N) is 1. The molecular formula is C20H20N6O. The van der Waals surface area contributed by atoms with Gasteiger partial charge in [0.1, 0.15) is 5.82 Å². The van der Waals surface area contributed by atoms with Gasteiger partial charge in [-0.15, -0.1) is 0 Å². The molecule has 7 nitrogen and oxygen atoms in total. The molecule has 1 aliphatic rings. The first kappa shape index (κ1) is 17.0. The normalized spacial score (nSPS) is 18.3. The van der Waals surface area contributed by atoms with Crippen molar-refractivity contribution in [1.82, 2.24) is 15.2 Å². The number of nitrogens with zero attached hydrogens (tertiary/aromatic N) is 3. The van der Waals surface area contributed by atoms with Crippen LogP contribution in [0, 0.1) is 30.1 Å². The molecule has 1 aromatic carbocycles. The number of nitrogen functional groups attached to an aromatic ring is 1. The van der Waals surface area contributed by atoms with Crippen LogP contribution in [0.1, 0.15) is 24.7 Å². The SMILES string of the molecule is CCc1n[nH]c(C)c1-c1cc(N)c2cnc(NC(=O)C3CC3C#N)cc2c1. The highest BCUT2D eigenvalue weighted by molar-refractivity contribution is 6.00. The van der Waals surface area contributed by atoms with Crippen LogP contribution in [0.3, 0.4) is 0 Å². The maximum Gasteiger partial charge on any atom is 0.230 e. The number of carbonyl (C=O) groups is 1. The molecule has 136 valence electrons. The fourth-order valence-electron chi connectivity index (χ4n) is 3.46. The molecule has 3 aromatic rings. The van der Waals surface area contributed by atoms with Gasteiger partial charge in [0.15, 0.2) is 0 Å². The quantitative estimate of drug-likeness (QED) is 0.617. The Labute approximate surface area is 156 Å². The number of anilines is 2. The van der Waals surface area contributed by atoms with Gasteiger partial charge in [0.2, 0.25) is 5.91 Å². The zero-order valence-corrected chi connectivity index (χ0v) is 15.2. The molecule has 4 N–H and O–H groups in total. The monoisotopic (exact) mass is 360 g/mol. The van der Waals surface area contributed by atoms with E-state index in [1.165, 1.54) is 0 Å². The minimum absolute atomic E-state index is 0.156. The number of nitriles is 1. The van der Waals surface area contributed by atoms with Crippen molar-refractivity contribution in [3.8, 4) is 17.2 Å². The van der Waals surface area contributed by atoms with E-state index < -0.39 is 0 Å². The van der Waals surface area contributed by atoms with E-state index in [0.29, 0.717) is 17.9 Å². The van der Waals surface area contributed by atoms with Crippen LogP contribution in [0.4, 0.5) is 11.5 Å². The van der Waals surface area contributed by atoms with Gasteiger partial charge in [-0.25, -0.2) is 4.98 Å². The minimum Gasteiger partial charge on any atom is -0.398 e. The number of hydrogen-bond donors (Lipinski definition) is 3. The number of benzene rings is 1. The molecular weight excluding hydrogens is 340 g/mol. The van der Waals surface area contributed by atoms with Crippen LogP contribution in [0.2, 0.25) is 0 Å². The van der Waals surface area contributed by atoms with Gasteiger partial charge in [0.05, 0.1) is 23.6 Å². The van der Waals surface area contributed by atoms with Gasteiger partial charge >= 0.3 is 0 Å². The van der Waals surface area contributed by atoms with Crippen molar-refractivity contribution in [3.63, 3.8) is 0 Å². The molecule has 1 aliphatic carbocycles. The Morgan fingerprint density at radius 3 is 2.96 bits per heavy atom. The molecule has 1 amide bonds. The summed E-state index contributed by atoms with van der Waals surface area (Å²) in [5, 5.41) is 20.8. The highest BCUT2D eigenvalue weighted by atomic mass is 16.2. The summed E-state index contributed by atoms with van der Waals surface area (Å²) < 4.78 is 0. The summed E-state index contributed by atoms with van der Waals surface area (Å²) in [7, 11) is 0. The lowest BCUT2D eigenvalue weighted by molar-refractivity contribution is -0.117. The van der Waals surface area contributed by atoms with Gasteiger partial charge in [-0.1, -0.05) is 6.92 Å². The van der Waals surface area contributed by atoms with Gasteiger partial charge in [-0.2, -0.15) is 10.4 Å². The van der Waals surface area contributed by atoms with E-state index in [9.17, 15) is 4.79 Å². The molecule has 0 radical (unpaired) electrons.